The van der Waals surface area contributed by atoms with Crippen LogP contribution in [0.25, 0.3) is 0 Å². The molecule has 0 aromatic heterocycles. The molecule has 0 amide bonds. The second-order valence-corrected chi connectivity index (χ2v) is 5.50. The van der Waals surface area contributed by atoms with Crippen LogP contribution in [0.1, 0.15) is 64.0 Å². The molecule has 3 heteroatoms. The predicted molar refractivity (Wildman–Crippen MR) is 87.0 cm³/mol. The number of unbranched alkanes of at least 4 members (excludes halogenated alkanes) is 4. The summed E-state index contributed by atoms with van der Waals surface area (Å²) >= 11 is 0. The van der Waals surface area contributed by atoms with Crippen molar-refractivity contribution in [3.05, 3.63) is 35.6 Å². The van der Waals surface area contributed by atoms with Crippen LogP contribution in [-0.4, -0.2) is 19.7 Å². The van der Waals surface area contributed by atoms with Crippen LogP contribution in [-0.2, 0) is 4.74 Å². The molecule has 0 saturated carbocycles. The lowest BCUT2D eigenvalue weighted by Gasteiger charge is -2.19. The van der Waals surface area contributed by atoms with Crippen molar-refractivity contribution in [2.45, 2.75) is 58.5 Å². The van der Waals surface area contributed by atoms with E-state index in [1.54, 1.807) is 6.07 Å². The fraction of sp³-hybridized carbons (Fsp3) is 0.667. The summed E-state index contributed by atoms with van der Waals surface area (Å²) in [6.45, 7) is 6.65. The Kier molecular flexibility index (Phi) is 10.1. The van der Waals surface area contributed by atoms with Crippen LogP contribution in [0.3, 0.4) is 0 Å². The van der Waals surface area contributed by atoms with Crippen molar-refractivity contribution in [1.29, 1.82) is 0 Å². The number of ether oxygens (including phenoxy) is 1. The van der Waals surface area contributed by atoms with E-state index in [1.165, 1.54) is 31.7 Å². The summed E-state index contributed by atoms with van der Waals surface area (Å²) in [5.74, 6) is -0.174. The van der Waals surface area contributed by atoms with E-state index in [0.717, 1.165) is 19.4 Å². The van der Waals surface area contributed by atoms with E-state index in [0.29, 0.717) is 18.7 Å². The Morgan fingerprint density at radius 3 is 2.52 bits per heavy atom. The third-order valence-corrected chi connectivity index (χ3v) is 3.58. The summed E-state index contributed by atoms with van der Waals surface area (Å²) in [4.78, 5) is 0. The quantitative estimate of drug-likeness (QED) is 0.556. The molecule has 0 spiro atoms. The zero-order chi connectivity index (χ0) is 15.3. The average Bonchev–Trinajstić information content (AvgIpc) is 2.50. The number of benzene rings is 1. The lowest BCUT2D eigenvalue weighted by atomic mass is 10.1. The maximum Gasteiger partial charge on any atom is 0.129 e. The van der Waals surface area contributed by atoms with Crippen molar-refractivity contribution in [2.75, 3.05) is 19.7 Å². The van der Waals surface area contributed by atoms with Gasteiger partial charge in [0.05, 0.1) is 6.10 Å². The second-order valence-electron chi connectivity index (χ2n) is 5.50. The number of halogens is 1. The van der Waals surface area contributed by atoms with Gasteiger partial charge >= 0.3 is 0 Å². The molecule has 0 aliphatic rings. The van der Waals surface area contributed by atoms with Crippen molar-refractivity contribution in [3.63, 3.8) is 0 Å². The summed E-state index contributed by atoms with van der Waals surface area (Å²) in [6.07, 6.45) is 6.93. The molecule has 21 heavy (non-hydrogen) atoms. The maximum atomic E-state index is 13.9. The van der Waals surface area contributed by atoms with Crippen molar-refractivity contribution in [3.8, 4) is 0 Å². The average molecular weight is 295 g/mol. The molecule has 120 valence electrons. The first-order valence-electron chi connectivity index (χ1n) is 8.36. The van der Waals surface area contributed by atoms with Crippen molar-refractivity contribution in [2.24, 2.45) is 0 Å². The summed E-state index contributed by atoms with van der Waals surface area (Å²) in [5.41, 5.74) is 0.662. The van der Waals surface area contributed by atoms with Gasteiger partial charge in [0.25, 0.3) is 0 Å². The zero-order valence-corrected chi connectivity index (χ0v) is 13.5. The third-order valence-electron chi connectivity index (χ3n) is 3.58. The van der Waals surface area contributed by atoms with Gasteiger partial charge in [0, 0.05) is 18.7 Å². The summed E-state index contributed by atoms with van der Waals surface area (Å²) < 4.78 is 19.9. The van der Waals surface area contributed by atoms with Crippen LogP contribution in [0.2, 0.25) is 0 Å². The van der Waals surface area contributed by atoms with E-state index in [2.05, 4.69) is 19.2 Å². The molecule has 0 radical (unpaired) electrons. The highest BCUT2D eigenvalue weighted by Crippen LogP contribution is 2.20. The van der Waals surface area contributed by atoms with Crippen LogP contribution >= 0.6 is 0 Å². The monoisotopic (exact) mass is 295 g/mol. The molecule has 0 fully saturated rings. The van der Waals surface area contributed by atoms with E-state index >= 15 is 0 Å². The van der Waals surface area contributed by atoms with Gasteiger partial charge in [-0.3, -0.25) is 0 Å². The first-order chi connectivity index (χ1) is 10.3. The largest absolute Gasteiger partial charge is 0.372 e. The molecule has 0 aliphatic heterocycles. The predicted octanol–water partition coefficient (Wildman–Crippen LogP) is 4.85. The van der Waals surface area contributed by atoms with Gasteiger partial charge in [0.15, 0.2) is 0 Å². The van der Waals surface area contributed by atoms with Gasteiger partial charge in [-0.2, -0.15) is 0 Å². The number of hydrogen-bond donors (Lipinski definition) is 1. The van der Waals surface area contributed by atoms with E-state index in [9.17, 15) is 4.39 Å². The van der Waals surface area contributed by atoms with E-state index in [-0.39, 0.29) is 11.9 Å². The Labute approximate surface area is 129 Å². The highest BCUT2D eigenvalue weighted by atomic mass is 19.1. The summed E-state index contributed by atoms with van der Waals surface area (Å²) in [5, 5.41) is 3.33. The van der Waals surface area contributed by atoms with Crippen molar-refractivity contribution in [1.82, 2.24) is 5.32 Å². The van der Waals surface area contributed by atoms with Gasteiger partial charge in [-0.25, -0.2) is 4.39 Å². The molecule has 1 aromatic rings. The lowest BCUT2D eigenvalue weighted by Crippen LogP contribution is -2.25. The standard InChI is InChI=1S/C18H30FNO/c1-3-5-6-7-10-14-21-18(15-20-13-4-2)16-11-8-9-12-17(16)19/h8-9,11-12,18,20H,3-7,10,13-15H2,1-2H3. The molecular formula is C18H30FNO. The first kappa shape index (κ1) is 18.1. The smallest absolute Gasteiger partial charge is 0.129 e. The Bertz CT molecular complexity index is 370. The normalized spacial score (nSPS) is 12.5. The van der Waals surface area contributed by atoms with Crippen LogP contribution < -0.4 is 5.32 Å². The second kappa shape index (κ2) is 11.7. The Morgan fingerprint density at radius 1 is 1.05 bits per heavy atom. The van der Waals surface area contributed by atoms with Crippen LogP contribution in [0.5, 0.6) is 0 Å². The molecule has 1 unspecified atom stereocenters. The van der Waals surface area contributed by atoms with Crippen LogP contribution in [0.4, 0.5) is 4.39 Å². The molecule has 1 rings (SSSR count). The lowest BCUT2D eigenvalue weighted by molar-refractivity contribution is 0.0476. The molecule has 0 heterocycles. The first-order valence-corrected chi connectivity index (χ1v) is 8.36. The van der Waals surface area contributed by atoms with Gasteiger partial charge in [-0.05, 0) is 25.5 Å². The highest BCUT2D eigenvalue weighted by Gasteiger charge is 2.15. The minimum Gasteiger partial charge on any atom is -0.372 e. The van der Waals surface area contributed by atoms with Gasteiger partial charge in [0.2, 0.25) is 0 Å². The molecule has 0 aliphatic carbocycles. The molecule has 2 nitrogen and oxygen atoms in total. The fourth-order valence-corrected chi connectivity index (χ4v) is 2.34. The maximum absolute atomic E-state index is 13.9. The molecule has 1 atom stereocenters. The molecule has 0 bridgehead atoms. The molecule has 0 saturated heterocycles. The summed E-state index contributed by atoms with van der Waals surface area (Å²) in [7, 11) is 0. The minimum atomic E-state index is -0.191. The van der Waals surface area contributed by atoms with Gasteiger partial charge in [-0.15, -0.1) is 0 Å². The van der Waals surface area contributed by atoms with E-state index in [4.69, 9.17) is 4.74 Å². The topological polar surface area (TPSA) is 21.3 Å². The Balaban J connectivity index is 2.43. The molecule has 1 N–H and O–H groups in total. The number of nitrogens with one attached hydrogen (secondary N) is 1. The van der Waals surface area contributed by atoms with Crippen molar-refractivity contribution >= 4 is 0 Å². The van der Waals surface area contributed by atoms with E-state index < -0.39 is 0 Å². The van der Waals surface area contributed by atoms with E-state index in [1.807, 2.05) is 12.1 Å². The van der Waals surface area contributed by atoms with Crippen LogP contribution in [0, 0.1) is 5.82 Å². The van der Waals surface area contributed by atoms with Gasteiger partial charge < -0.3 is 10.1 Å². The van der Waals surface area contributed by atoms with Crippen molar-refractivity contribution < 1.29 is 9.13 Å². The SMILES string of the molecule is CCCCCCCOC(CNCCC)c1ccccc1F. The van der Waals surface area contributed by atoms with Gasteiger partial charge in [0.1, 0.15) is 5.82 Å². The van der Waals surface area contributed by atoms with Crippen LogP contribution in [0.15, 0.2) is 24.3 Å². The Morgan fingerprint density at radius 2 is 1.81 bits per heavy atom. The summed E-state index contributed by atoms with van der Waals surface area (Å²) in [6, 6.07) is 6.92. The Hall–Kier alpha value is -0.930. The molecular weight excluding hydrogens is 265 g/mol. The fourth-order valence-electron chi connectivity index (χ4n) is 2.34. The number of rotatable bonds is 12. The minimum absolute atomic E-state index is 0.174. The zero-order valence-electron chi connectivity index (χ0n) is 13.5. The number of hydrogen-bond acceptors (Lipinski definition) is 2. The molecule has 1 aromatic carbocycles. The third kappa shape index (κ3) is 7.58. The highest BCUT2D eigenvalue weighted by molar-refractivity contribution is 5.20. The van der Waals surface area contributed by atoms with Gasteiger partial charge in [-0.1, -0.05) is 57.7 Å².